The first kappa shape index (κ1) is 10.9. The summed E-state index contributed by atoms with van der Waals surface area (Å²) in [4.78, 5) is 27.6. The number of rotatable bonds is 2. The third kappa shape index (κ3) is 1.99. The Morgan fingerprint density at radius 3 is 2.88 bits per heavy atom. The van der Waals surface area contributed by atoms with E-state index >= 15 is 0 Å². The average Bonchev–Trinajstić information content (AvgIpc) is 2.65. The number of hydrogen-bond donors (Lipinski definition) is 1. The molecule has 1 N–H and O–H groups in total. The zero-order chi connectivity index (χ0) is 11.7. The van der Waals surface area contributed by atoms with Crippen LogP contribution in [0.1, 0.15) is 12.0 Å². The molecule has 0 aliphatic carbocycles. The average molecular weight is 221 g/mol. The van der Waals surface area contributed by atoms with Gasteiger partial charge < -0.3 is 4.98 Å². The fourth-order valence-electron chi connectivity index (χ4n) is 1.89. The Hall–Kier alpha value is -1.62. The van der Waals surface area contributed by atoms with Gasteiger partial charge in [0, 0.05) is 38.4 Å². The third-order valence-electron chi connectivity index (χ3n) is 2.88. The van der Waals surface area contributed by atoms with E-state index in [-0.39, 0.29) is 11.2 Å². The molecule has 16 heavy (non-hydrogen) atoms. The normalized spacial score (nSPS) is 16.9. The first-order valence-electron chi connectivity index (χ1n) is 5.24. The van der Waals surface area contributed by atoms with Gasteiger partial charge in [0.1, 0.15) is 0 Å². The van der Waals surface area contributed by atoms with Crippen molar-refractivity contribution in [3.05, 3.63) is 44.8 Å². The zero-order valence-electron chi connectivity index (χ0n) is 9.32. The lowest BCUT2D eigenvalue weighted by molar-refractivity contribution is 0.334. The van der Waals surface area contributed by atoms with Crippen molar-refractivity contribution in [2.45, 2.75) is 13.0 Å². The topological polar surface area (TPSA) is 58.1 Å². The van der Waals surface area contributed by atoms with E-state index < -0.39 is 0 Å². The van der Waals surface area contributed by atoms with Crippen molar-refractivity contribution in [1.82, 2.24) is 14.5 Å². The highest BCUT2D eigenvalue weighted by atomic mass is 16.2. The molecule has 1 saturated heterocycles. The number of hydrogen-bond acceptors (Lipinski definition) is 3. The van der Waals surface area contributed by atoms with Crippen LogP contribution in [-0.2, 0) is 13.6 Å². The van der Waals surface area contributed by atoms with E-state index in [2.05, 4.69) is 16.5 Å². The van der Waals surface area contributed by atoms with E-state index in [0.29, 0.717) is 12.1 Å². The Balaban J connectivity index is 2.23. The molecule has 1 aliphatic rings. The summed E-state index contributed by atoms with van der Waals surface area (Å²) >= 11 is 0. The van der Waals surface area contributed by atoms with Crippen LogP contribution in [0.4, 0.5) is 0 Å². The maximum atomic E-state index is 11.8. The summed E-state index contributed by atoms with van der Waals surface area (Å²) in [5.74, 6) is 0. The highest BCUT2D eigenvalue weighted by Crippen LogP contribution is 2.14. The minimum absolute atomic E-state index is 0.221. The van der Waals surface area contributed by atoms with Crippen molar-refractivity contribution >= 4 is 0 Å². The summed E-state index contributed by atoms with van der Waals surface area (Å²) in [6, 6.07) is 0. The van der Waals surface area contributed by atoms with Gasteiger partial charge in [-0.15, -0.1) is 0 Å². The highest BCUT2D eigenvalue weighted by molar-refractivity contribution is 5.09. The summed E-state index contributed by atoms with van der Waals surface area (Å²) < 4.78 is 1.10. The Labute approximate surface area is 93.0 Å². The summed E-state index contributed by atoms with van der Waals surface area (Å²) in [7, 11) is 1.48. The standard InChI is InChI=1S/C11H15N3O2/c1-8-3-4-14(6-8)7-9-5-12-11(16)13(2)10(9)15/h5H,1,3-4,6-7H2,2H3,(H,12,16). The van der Waals surface area contributed by atoms with Crippen molar-refractivity contribution < 1.29 is 0 Å². The van der Waals surface area contributed by atoms with E-state index in [0.717, 1.165) is 24.1 Å². The fraction of sp³-hybridized carbons (Fsp3) is 0.455. The van der Waals surface area contributed by atoms with E-state index in [9.17, 15) is 9.59 Å². The minimum Gasteiger partial charge on any atom is -0.314 e. The van der Waals surface area contributed by atoms with Crippen molar-refractivity contribution in [3.63, 3.8) is 0 Å². The van der Waals surface area contributed by atoms with Crippen molar-refractivity contribution in [2.24, 2.45) is 7.05 Å². The summed E-state index contributed by atoms with van der Waals surface area (Å²) in [6.45, 7) is 6.26. The van der Waals surface area contributed by atoms with Gasteiger partial charge in [-0.25, -0.2) is 4.79 Å². The number of aromatic amines is 1. The largest absolute Gasteiger partial charge is 0.328 e. The lowest BCUT2D eigenvalue weighted by Crippen LogP contribution is -2.36. The van der Waals surface area contributed by atoms with Crippen LogP contribution in [0.3, 0.4) is 0 Å². The maximum absolute atomic E-state index is 11.8. The molecule has 1 aliphatic heterocycles. The summed E-state index contributed by atoms with van der Waals surface area (Å²) in [5.41, 5.74) is 1.22. The van der Waals surface area contributed by atoms with Gasteiger partial charge >= 0.3 is 5.69 Å². The van der Waals surface area contributed by atoms with Crippen LogP contribution in [-0.4, -0.2) is 27.5 Å². The van der Waals surface area contributed by atoms with Gasteiger partial charge in [0.15, 0.2) is 0 Å². The molecule has 0 unspecified atom stereocenters. The maximum Gasteiger partial charge on any atom is 0.328 e. The van der Waals surface area contributed by atoms with Crippen molar-refractivity contribution in [3.8, 4) is 0 Å². The second-order valence-electron chi connectivity index (χ2n) is 4.19. The smallest absolute Gasteiger partial charge is 0.314 e. The number of H-pyrrole nitrogens is 1. The number of nitrogens with one attached hydrogen (secondary N) is 1. The lowest BCUT2D eigenvalue weighted by atomic mass is 10.3. The molecule has 0 spiro atoms. The second kappa shape index (κ2) is 4.09. The van der Waals surface area contributed by atoms with Gasteiger partial charge in [0.25, 0.3) is 5.56 Å². The highest BCUT2D eigenvalue weighted by Gasteiger charge is 2.16. The van der Waals surface area contributed by atoms with Crippen molar-refractivity contribution in [2.75, 3.05) is 13.1 Å². The van der Waals surface area contributed by atoms with E-state index in [1.807, 2.05) is 0 Å². The van der Waals surface area contributed by atoms with E-state index in [4.69, 9.17) is 0 Å². The third-order valence-corrected chi connectivity index (χ3v) is 2.88. The molecule has 5 heteroatoms. The molecule has 5 nitrogen and oxygen atoms in total. The number of likely N-dealkylation sites (tertiary alicyclic amines) is 1. The Morgan fingerprint density at radius 1 is 1.50 bits per heavy atom. The first-order valence-corrected chi connectivity index (χ1v) is 5.24. The molecular weight excluding hydrogens is 206 g/mol. The van der Waals surface area contributed by atoms with Gasteiger partial charge in [0.05, 0.1) is 0 Å². The predicted molar refractivity (Wildman–Crippen MR) is 61.3 cm³/mol. The Bertz CT molecular complexity index is 527. The minimum atomic E-state index is -0.375. The van der Waals surface area contributed by atoms with Crippen LogP contribution in [0.5, 0.6) is 0 Å². The van der Waals surface area contributed by atoms with Crippen molar-refractivity contribution in [1.29, 1.82) is 0 Å². The van der Waals surface area contributed by atoms with Crippen LogP contribution in [0.2, 0.25) is 0 Å². The summed E-state index contributed by atoms with van der Waals surface area (Å²) in [6.07, 6.45) is 2.50. The molecule has 0 bridgehead atoms. The molecule has 0 saturated carbocycles. The van der Waals surface area contributed by atoms with Gasteiger partial charge in [-0.3, -0.25) is 14.3 Å². The van der Waals surface area contributed by atoms with E-state index in [1.54, 1.807) is 0 Å². The molecular formula is C11H15N3O2. The molecule has 0 amide bonds. The molecule has 86 valence electrons. The zero-order valence-corrected chi connectivity index (χ0v) is 9.32. The number of aromatic nitrogens is 2. The van der Waals surface area contributed by atoms with Gasteiger partial charge in [0.2, 0.25) is 0 Å². The second-order valence-corrected chi connectivity index (χ2v) is 4.19. The van der Waals surface area contributed by atoms with Gasteiger partial charge in [-0.2, -0.15) is 0 Å². The monoisotopic (exact) mass is 221 g/mol. The first-order chi connectivity index (χ1) is 7.58. The lowest BCUT2D eigenvalue weighted by Gasteiger charge is -2.13. The van der Waals surface area contributed by atoms with Crippen LogP contribution >= 0.6 is 0 Å². The molecule has 1 fully saturated rings. The molecule has 1 aromatic heterocycles. The van der Waals surface area contributed by atoms with Crippen LogP contribution < -0.4 is 11.2 Å². The summed E-state index contributed by atoms with van der Waals surface area (Å²) in [5, 5.41) is 0. The van der Waals surface area contributed by atoms with E-state index in [1.165, 1.54) is 18.8 Å². The van der Waals surface area contributed by atoms with Gasteiger partial charge in [-0.05, 0) is 6.42 Å². The molecule has 0 atom stereocenters. The quantitative estimate of drug-likeness (QED) is 0.706. The molecule has 0 radical (unpaired) electrons. The van der Waals surface area contributed by atoms with Crippen LogP contribution in [0, 0.1) is 0 Å². The molecule has 0 aromatic carbocycles. The molecule has 1 aromatic rings. The SMILES string of the molecule is C=C1CCN(Cc2c[nH]c(=O)n(C)c2=O)C1. The molecule has 2 rings (SSSR count). The predicted octanol–water partition coefficient (Wildman–Crippen LogP) is -0.164. The van der Waals surface area contributed by atoms with Crippen LogP contribution in [0.25, 0.3) is 0 Å². The fourth-order valence-corrected chi connectivity index (χ4v) is 1.89. The Kier molecular flexibility index (Phi) is 2.78. The Morgan fingerprint density at radius 2 is 2.25 bits per heavy atom. The van der Waals surface area contributed by atoms with Crippen LogP contribution in [0.15, 0.2) is 27.9 Å². The van der Waals surface area contributed by atoms with Gasteiger partial charge in [-0.1, -0.05) is 12.2 Å². The molecule has 2 heterocycles. The number of nitrogens with zero attached hydrogens (tertiary/aromatic N) is 2.